The van der Waals surface area contributed by atoms with Crippen molar-refractivity contribution in [2.24, 2.45) is 21.5 Å². The fourth-order valence-corrected chi connectivity index (χ4v) is 5.96. The molecule has 1 amide bonds. The maximum atomic E-state index is 14.1. The predicted molar refractivity (Wildman–Crippen MR) is 181 cm³/mol. The Morgan fingerprint density at radius 1 is 1.16 bits per heavy atom. The second-order valence-electron chi connectivity index (χ2n) is 11.2. The molecule has 1 aromatic rings. The van der Waals surface area contributed by atoms with E-state index in [9.17, 15) is 4.79 Å². The lowest BCUT2D eigenvalue weighted by Gasteiger charge is -2.28. The minimum Gasteiger partial charge on any atom is -0.404 e. The van der Waals surface area contributed by atoms with Crippen molar-refractivity contribution in [1.82, 2.24) is 15.5 Å². The summed E-state index contributed by atoms with van der Waals surface area (Å²) in [6.07, 6.45) is 22.3. The number of nitrogens with two attached hydrogens (primary N) is 2. The van der Waals surface area contributed by atoms with Gasteiger partial charge in [-0.1, -0.05) is 67.6 Å². The van der Waals surface area contributed by atoms with E-state index in [1.807, 2.05) is 19.3 Å². The van der Waals surface area contributed by atoms with Gasteiger partial charge in [0.1, 0.15) is 17.5 Å². The molecular weight excluding hydrogens is 546 g/mol. The summed E-state index contributed by atoms with van der Waals surface area (Å²) in [5, 5.41) is 7.07. The maximum absolute atomic E-state index is 14.1. The van der Waals surface area contributed by atoms with Gasteiger partial charge in [-0.05, 0) is 66.7 Å². The zero-order valence-electron chi connectivity index (χ0n) is 25.8. The predicted octanol–water partition coefficient (Wildman–Crippen LogP) is 5.85. The van der Waals surface area contributed by atoms with Gasteiger partial charge in [0, 0.05) is 42.9 Å². The summed E-state index contributed by atoms with van der Waals surface area (Å²) in [4.78, 5) is 25.3. The van der Waals surface area contributed by atoms with E-state index in [2.05, 4.69) is 77.2 Å². The number of hydrogen-bond acceptors (Lipinski definition) is 6. The molecule has 0 radical (unpaired) electrons. The lowest BCUT2D eigenvalue weighted by Crippen LogP contribution is -2.33. The quantitative estimate of drug-likeness (QED) is 0.235. The van der Waals surface area contributed by atoms with Crippen LogP contribution < -0.4 is 22.1 Å². The van der Waals surface area contributed by atoms with E-state index in [1.54, 1.807) is 11.0 Å². The minimum atomic E-state index is -0.0351. The number of nitrogens with zero attached hydrogens (tertiary/aromatic N) is 3. The first-order valence-electron chi connectivity index (χ1n) is 15.5. The number of rotatable bonds is 7. The van der Waals surface area contributed by atoms with Gasteiger partial charge in [0.2, 0.25) is 5.91 Å². The van der Waals surface area contributed by atoms with Gasteiger partial charge in [-0.3, -0.25) is 9.79 Å². The molecule has 0 spiro atoms. The molecule has 2 heterocycles. The number of allylic oxidation sites excluding steroid dienone is 9. The second-order valence-corrected chi connectivity index (χ2v) is 11.2. The lowest BCUT2D eigenvalue weighted by atomic mass is 9.85. The van der Waals surface area contributed by atoms with Crippen LogP contribution in [0.5, 0.6) is 0 Å². The number of aliphatic imine (C=N–C) groups is 2. The van der Waals surface area contributed by atoms with Gasteiger partial charge in [0.05, 0.1) is 18.7 Å². The van der Waals surface area contributed by atoms with Gasteiger partial charge in [-0.25, -0.2) is 4.99 Å². The van der Waals surface area contributed by atoms with Crippen LogP contribution >= 0.6 is 0 Å². The standard InChI is InChI=1S/C36H43N7O/c1-3-11-28(25-12-6-4-7-13-25)34(27-14-8-5-9-15-27)36-42-35(41-32(38)20-21-37)29(24-33(44)43(36)2)26-16-10-17-30-31(19-18-26)40-23-22-39-30/h4,6-7,10-14,16,18,20-21,23,39,42H,3,5,8-9,15,17,19,22,24,37H2,1-2H3,(H2,38,41)/b16-10?,21-20-,26-18?,28-11-,36-34-. The fourth-order valence-electron chi connectivity index (χ4n) is 5.96. The van der Waals surface area contributed by atoms with Crippen molar-refractivity contribution >= 4 is 23.5 Å². The van der Waals surface area contributed by atoms with Crippen LogP contribution in [0.1, 0.15) is 63.9 Å². The van der Waals surface area contributed by atoms with Crippen LogP contribution in [0.2, 0.25) is 0 Å². The van der Waals surface area contributed by atoms with Gasteiger partial charge in [-0.2, -0.15) is 0 Å². The highest BCUT2D eigenvalue weighted by molar-refractivity contribution is 5.93. The largest absolute Gasteiger partial charge is 0.404 e. The SMILES string of the molecule is CC/C=C(\C(C1=CCCCC1)=C1\NC(N=C(N)/C=C\N)=C(C2=CCC3=C(CC=C2)NCC=N3)CC(=O)N1C)c1ccccc1. The summed E-state index contributed by atoms with van der Waals surface area (Å²) in [6, 6.07) is 10.4. The molecule has 2 aliphatic carbocycles. The molecule has 2 aliphatic heterocycles. The average Bonchev–Trinajstić information content (AvgIpc) is 3.14. The Balaban J connectivity index is 1.73. The molecule has 0 bridgehead atoms. The molecule has 8 nitrogen and oxygen atoms in total. The second kappa shape index (κ2) is 14.6. The minimum absolute atomic E-state index is 0.0351. The van der Waals surface area contributed by atoms with Crippen LogP contribution in [0.4, 0.5) is 0 Å². The van der Waals surface area contributed by atoms with E-state index in [1.165, 1.54) is 11.8 Å². The summed E-state index contributed by atoms with van der Waals surface area (Å²) in [7, 11) is 1.85. The van der Waals surface area contributed by atoms with Crippen molar-refractivity contribution in [2.75, 3.05) is 13.6 Å². The van der Waals surface area contributed by atoms with E-state index in [0.29, 0.717) is 18.1 Å². The Bertz CT molecular complexity index is 1580. The molecule has 4 aliphatic rings. The summed E-state index contributed by atoms with van der Waals surface area (Å²) in [5.74, 6) is 1.44. The topological polar surface area (TPSA) is 121 Å². The van der Waals surface area contributed by atoms with E-state index < -0.39 is 0 Å². The smallest absolute Gasteiger partial charge is 0.232 e. The number of amidine groups is 1. The van der Waals surface area contributed by atoms with Crippen molar-refractivity contribution in [3.63, 3.8) is 0 Å². The third kappa shape index (κ3) is 7.02. The van der Waals surface area contributed by atoms with Crippen molar-refractivity contribution in [1.29, 1.82) is 0 Å². The molecule has 0 saturated carbocycles. The molecule has 0 unspecified atom stereocenters. The number of hydrogen-bond donors (Lipinski definition) is 4. The van der Waals surface area contributed by atoms with Crippen LogP contribution in [0.3, 0.4) is 0 Å². The third-order valence-corrected chi connectivity index (χ3v) is 8.16. The highest BCUT2D eigenvalue weighted by Crippen LogP contribution is 2.38. The number of nitrogens with one attached hydrogen (secondary N) is 2. The Morgan fingerprint density at radius 3 is 2.75 bits per heavy atom. The molecule has 0 atom stereocenters. The van der Waals surface area contributed by atoms with Crippen LogP contribution in [0.15, 0.2) is 128 Å². The number of carbonyl (C=O) groups is 1. The van der Waals surface area contributed by atoms with Gasteiger partial charge >= 0.3 is 0 Å². The van der Waals surface area contributed by atoms with E-state index >= 15 is 0 Å². The first kappa shape index (κ1) is 30.6. The first-order valence-corrected chi connectivity index (χ1v) is 15.5. The number of benzene rings is 1. The van der Waals surface area contributed by atoms with Gasteiger partial charge < -0.3 is 27.0 Å². The van der Waals surface area contributed by atoms with E-state index in [0.717, 1.165) is 84.3 Å². The Labute approximate surface area is 260 Å². The zero-order chi connectivity index (χ0) is 30.9. The van der Waals surface area contributed by atoms with Gasteiger partial charge in [0.25, 0.3) is 0 Å². The fraction of sp³-hybridized carbons (Fsp3) is 0.306. The number of carbonyl (C=O) groups excluding carboxylic acids is 1. The Kier molecular flexibility index (Phi) is 10.1. The van der Waals surface area contributed by atoms with Crippen molar-refractivity contribution in [3.05, 3.63) is 124 Å². The van der Waals surface area contributed by atoms with Crippen molar-refractivity contribution in [2.45, 2.75) is 58.3 Å². The molecule has 0 aromatic heterocycles. The molecular formula is C36H43N7O. The molecule has 1 aromatic carbocycles. The number of amides is 1. The highest BCUT2D eigenvalue weighted by atomic mass is 16.2. The Morgan fingerprint density at radius 2 is 2.00 bits per heavy atom. The molecule has 44 heavy (non-hydrogen) atoms. The van der Waals surface area contributed by atoms with E-state index in [4.69, 9.17) is 16.5 Å². The van der Waals surface area contributed by atoms with Gasteiger partial charge in [-0.15, -0.1) is 0 Å². The molecule has 8 heteroatoms. The Hall–Kier alpha value is -4.85. The van der Waals surface area contributed by atoms with Crippen molar-refractivity contribution < 1.29 is 4.79 Å². The van der Waals surface area contributed by atoms with Crippen LogP contribution in [0.25, 0.3) is 5.57 Å². The maximum Gasteiger partial charge on any atom is 0.232 e. The zero-order valence-corrected chi connectivity index (χ0v) is 25.8. The summed E-state index contributed by atoms with van der Waals surface area (Å²) < 4.78 is 0. The van der Waals surface area contributed by atoms with Crippen LogP contribution in [-0.4, -0.2) is 36.4 Å². The lowest BCUT2D eigenvalue weighted by molar-refractivity contribution is -0.127. The van der Waals surface area contributed by atoms with Crippen molar-refractivity contribution in [3.8, 4) is 0 Å². The molecule has 0 fully saturated rings. The average molecular weight is 590 g/mol. The summed E-state index contributed by atoms with van der Waals surface area (Å²) >= 11 is 0. The molecule has 228 valence electrons. The molecule has 6 N–H and O–H groups in total. The highest BCUT2D eigenvalue weighted by Gasteiger charge is 2.30. The van der Waals surface area contributed by atoms with Crippen LogP contribution in [-0.2, 0) is 4.79 Å². The van der Waals surface area contributed by atoms with Gasteiger partial charge in [0.15, 0.2) is 0 Å². The summed E-state index contributed by atoms with van der Waals surface area (Å²) in [5.41, 5.74) is 20.3. The van der Waals surface area contributed by atoms with E-state index in [-0.39, 0.29) is 18.2 Å². The monoisotopic (exact) mass is 589 g/mol. The molecule has 0 saturated heterocycles. The molecule has 5 rings (SSSR count). The first-order chi connectivity index (χ1) is 21.5. The summed E-state index contributed by atoms with van der Waals surface area (Å²) in [6.45, 7) is 2.88. The third-order valence-electron chi connectivity index (χ3n) is 8.16. The van der Waals surface area contributed by atoms with Crippen LogP contribution in [0, 0.1) is 0 Å². The normalized spacial score (nSPS) is 21.2.